The molecule has 0 bridgehead atoms. The van der Waals surface area contributed by atoms with Crippen molar-refractivity contribution in [2.75, 3.05) is 19.8 Å². The molecule has 1 unspecified atom stereocenters. The molecule has 1 saturated heterocycles. The van der Waals surface area contributed by atoms with Crippen LogP contribution in [0.3, 0.4) is 0 Å². The van der Waals surface area contributed by atoms with Crippen molar-refractivity contribution < 1.29 is 9.18 Å². The summed E-state index contributed by atoms with van der Waals surface area (Å²) in [6.45, 7) is 1.01. The Balaban J connectivity index is 1.75. The van der Waals surface area contributed by atoms with Crippen LogP contribution in [0.15, 0.2) is 0 Å². The molecule has 2 fully saturated rings. The lowest BCUT2D eigenvalue weighted by Crippen LogP contribution is -2.44. The topological polar surface area (TPSA) is 32.3 Å². The minimum absolute atomic E-state index is 0.0165. The predicted molar refractivity (Wildman–Crippen MR) is 61.1 cm³/mol. The van der Waals surface area contributed by atoms with Gasteiger partial charge in [0.2, 0.25) is 0 Å². The Kier molecular flexibility index (Phi) is 4.02. The number of amides is 2. The third-order valence-electron chi connectivity index (χ3n) is 3.72. The van der Waals surface area contributed by atoms with Gasteiger partial charge in [-0.25, -0.2) is 4.79 Å². The number of alkyl halides is 1. The van der Waals surface area contributed by atoms with Crippen LogP contribution in [0.2, 0.25) is 0 Å². The third-order valence-corrected chi connectivity index (χ3v) is 3.72. The SMILES string of the molecule is O=C(NC1CCCCC1)N1CCC(CF)C1. The molecule has 0 aromatic rings. The minimum Gasteiger partial charge on any atom is -0.335 e. The smallest absolute Gasteiger partial charge is 0.317 e. The third kappa shape index (κ3) is 2.86. The summed E-state index contributed by atoms with van der Waals surface area (Å²) in [7, 11) is 0. The first kappa shape index (κ1) is 11.7. The van der Waals surface area contributed by atoms with E-state index in [0.29, 0.717) is 19.1 Å². The Bertz CT molecular complexity index is 241. The summed E-state index contributed by atoms with van der Waals surface area (Å²) < 4.78 is 12.4. The van der Waals surface area contributed by atoms with Crippen LogP contribution in [0.1, 0.15) is 38.5 Å². The average molecular weight is 228 g/mol. The molecule has 3 nitrogen and oxygen atoms in total. The monoisotopic (exact) mass is 228 g/mol. The van der Waals surface area contributed by atoms with Crippen molar-refractivity contribution in [3.63, 3.8) is 0 Å². The summed E-state index contributed by atoms with van der Waals surface area (Å²) in [4.78, 5) is 13.6. The molecule has 16 heavy (non-hydrogen) atoms. The Morgan fingerprint density at radius 1 is 1.25 bits per heavy atom. The molecule has 0 aromatic carbocycles. The number of carbonyl (C=O) groups excluding carboxylic acids is 1. The first-order valence-electron chi connectivity index (χ1n) is 6.41. The Morgan fingerprint density at radius 3 is 2.62 bits per heavy atom. The number of nitrogens with zero attached hydrogens (tertiary/aromatic N) is 1. The summed E-state index contributed by atoms with van der Waals surface area (Å²) >= 11 is 0. The van der Waals surface area contributed by atoms with Gasteiger partial charge in [0.25, 0.3) is 0 Å². The largest absolute Gasteiger partial charge is 0.335 e. The molecule has 0 aromatic heterocycles. The molecule has 1 aliphatic heterocycles. The van der Waals surface area contributed by atoms with E-state index in [1.165, 1.54) is 19.3 Å². The summed E-state index contributed by atoms with van der Waals surface area (Å²) in [6, 6.07) is 0.369. The maximum atomic E-state index is 12.4. The number of carbonyl (C=O) groups is 1. The number of likely N-dealkylation sites (tertiary alicyclic amines) is 1. The van der Waals surface area contributed by atoms with Crippen molar-refractivity contribution in [2.45, 2.75) is 44.6 Å². The number of halogens is 1. The van der Waals surface area contributed by atoms with Gasteiger partial charge < -0.3 is 10.2 Å². The van der Waals surface area contributed by atoms with Gasteiger partial charge in [0.05, 0.1) is 6.67 Å². The van der Waals surface area contributed by atoms with E-state index in [4.69, 9.17) is 0 Å². The molecule has 4 heteroatoms. The van der Waals surface area contributed by atoms with Crippen LogP contribution >= 0.6 is 0 Å². The fourth-order valence-corrected chi connectivity index (χ4v) is 2.66. The molecule has 92 valence electrons. The summed E-state index contributed by atoms with van der Waals surface area (Å²) in [6.07, 6.45) is 6.75. The van der Waals surface area contributed by atoms with E-state index in [-0.39, 0.29) is 18.6 Å². The zero-order valence-electron chi connectivity index (χ0n) is 9.75. The first-order valence-corrected chi connectivity index (χ1v) is 6.41. The molecule has 2 amide bonds. The van der Waals surface area contributed by atoms with Crippen LogP contribution in [0.4, 0.5) is 9.18 Å². The summed E-state index contributed by atoms with van der Waals surface area (Å²) in [5.74, 6) is 0.0668. The normalized spacial score (nSPS) is 27.1. The number of rotatable bonds is 2. The molecular weight excluding hydrogens is 207 g/mol. The fourth-order valence-electron chi connectivity index (χ4n) is 2.66. The quantitative estimate of drug-likeness (QED) is 0.773. The van der Waals surface area contributed by atoms with E-state index in [2.05, 4.69) is 5.32 Å². The molecule has 1 aliphatic carbocycles. The lowest BCUT2D eigenvalue weighted by molar-refractivity contribution is 0.198. The van der Waals surface area contributed by atoms with Crippen molar-refractivity contribution >= 4 is 6.03 Å². The van der Waals surface area contributed by atoms with Crippen LogP contribution in [0.25, 0.3) is 0 Å². The van der Waals surface area contributed by atoms with Gasteiger partial charge in [-0.1, -0.05) is 19.3 Å². The van der Waals surface area contributed by atoms with Gasteiger partial charge in [0.1, 0.15) is 0 Å². The average Bonchev–Trinajstić information content (AvgIpc) is 2.79. The first-order chi connectivity index (χ1) is 7.79. The molecule has 0 radical (unpaired) electrons. The van der Waals surface area contributed by atoms with Crippen LogP contribution in [0.5, 0.6) is 0 Å². The zero-order chi connectivity index (χ0) is 11.4. The second-order valence-electron chi connectivity index (χ2n) is 5.04. The van der Waals surface area contributed by atoms with Gasteiger partial charge in [0, 0.05) is 25.0 Å². The molecule has 1 saturated carbocycles. The van der Waals surface area contributed by atoms with Gasteiger partial charge in [-0.15, -0.1) is 0 Å². The number of hydrogen-bond donors (Lipinski definition) is 1. The summed E-state index contributed by atoms with van der Waals surface area (Å²) in [5.41, 5.74) is 0. The Labute approximate surface area is 96.4 Å². The van der Waals surface area contributed by atoms with Crippen LogP contribution in [0, 0.1) is 5.92 Å². The van der Waals surface area contributed by atoms with Gasteiger partial charge in [0.15, 0.2) is 0 Å². The van der Waals surface area contributed by atoms with E-state index >= 15 is 0 Å². The van der Waals surface area contributed by atoms with E-state index in [1.807, 2.05) is 0 Å². The van der Waals surface area contributed by atoms with Gasteiger partial charge in [-0.2, -0.15) is 0 Å². The molecule has 2 rings (SSSR count). The van der Waals surface area contributed by atoms with Gasteiger partial charge in [-0.3, -0.25) is 4.39 Å². The lowest BCUT2D eigenvalue weighted by atomic mass is 9.96. The van der Waals surface area contributed by atoms with Crippen molar-refractivity contribution in [2.24, 2.45) is 5.92 Å². The van der Waals surface area contributed by atoms with E-state index < -0.39 is 0 Å². The van der Waals surface area contributed by atoms with E-state index in [9.17, 15) is 9.18 Å². The van der Waals surface area contributed by atoms with Gasteiger partial charge in [-0.05, 0) is 19.3 Å². The highest BCUT2D eigenvalue weighted by Gasteiger charge is 2.27. The lowest BCUT2D eigenvalue weighted by Gasteiger charge is -2.26. The van der Waals surface area contributed by atoms with E-state index in [0.717, 1.165) is 19.3 Å². The maximum Gasteiger partial charge on any atom is 0.317 e. The second kappa shape index (κ2) is 5.51. The molecule has 1 atom stereocenters. The predicted octanol–water partition coefficient (Wildman–Crippen LogP) is 2.32. The zero-order valence-corrected chi connectivity index (χ0v) is 9.75. The van der Waals surface area contributed by atoms with Crippen molar-refractivity contribution in [1.82, 2.24) is 10.2 Å². The van der Waals surface area contributed by atoms with Crippen molar-refractivity contribution in [3.05, 3.63) is 0 Å². The number of urea groups is 1. The Morgan fingerprint density at radius 2 is 2.00 bits per heavy atom. The highest BCUT2D eigenvalue weighted by molar-refractivity contribution is 5.74. The molecule has 2 aliphatic rings. The molecule has 1 heterocycles. The second-order valence-corrected chi connectivity index (χ2v) is 5.04. The highest BCUT2D eigenvalue weighted by atomic mass is 19.1. The molecular formula is C12H21FN2O. The van der Waals surface area contributed by atoms with Crippen molar-refractivity contribution in [3.8, 4) is 0 Å². The van der Waals surface area contributed by atoms with Crippen LogP contribution in [-0.2, 0) is 0 Å². The fraction of sp³-hybridized carbons (Fsp3) is 0.917. The van der Waals surface area contributed by atoms with Crippen LogP contribution in [-0.4, -0.2) is 36.7 Å². The highest BCUT2D eigenvalue weighted by Crippen LogP contribution is 2.19. The van der Waals surface area contributed by atoms with Gasteiger partial charge >= 0.3 is 6.03 Å². The summed E-state index contributed by atoms with van der Waals surface area (Å²) in [5, 5.41) is 3.07. The maximum absolute atomic E-state index is 12.4. The van der Waals surface area contributed by atoms with Crippen LogP contribution < -0.4 is 5.32 Å². The number of hydrogen-bond acceptors (Lipinski definition) is 1. The molecule has 0 spiro atoms. The minimum atomic E-state index is -0.298. The standard InChI is InChI=1S/C12H21FN2O/c13-8-10-6-7-15(9-10)12(16)14-11-4-2-1-3-5-11/h10-11H,1-9H2,(H,14,16). The number of nitrogens with one attached hydrogen (secondary N) is 1. The van der Waals surface area contributed by atoms with Crippen molar-refractivity contribution in [1.29, 1.82) is 0 Å². The van der Waals surface area contributed by atoms with E-state index in [1.54, 1.807) is 4.90 Å². The Hall–Kier alpha value is -0.800. The molecule has 1 N–H and O–H groups in total.